The van der Waals surface area contributed by atoms with Gasteiger partial charge < -0.3 is 4.90 Å². The Morgan fingerprint density at radius 2 is 1.24 bits per heavy atom. The molecule has 0 saturated carbocycles. The number of nitriles is 1. The molecule has 5 aromatic rings. The highest BCUT2D eigenvalue weighted by molar-refractivity contribution is 7.99. The molecule has 4 aromatic carbocycles. The summed E-state index contributed by atoms with van der Waals surface area (Å²) in [7, 11) is 0. The van der Waals surface area contributed by atoms with E-state index in [2.05, 4.69) is 101 Å². The molecule has 4 heteroatoms. The molecule has 160 valence electrons. The van der Waals surface area contributed by atoms with Crippen molar-refractivity contribution in [1.29, 1.82) is 5.26 Å². The number of hydrogen-bond donors (Lipinski definition) is 0. The van der Waals surface area contributed by atoms with Crippen LogP contribution in [0, 0.1) is 11.3 Å². The number of para-hydroxylation sites is 2. The normalized spacial score (nSPS) is 11.9. The van der Waals surface area contributed by atoms with Crippen LogP contribution >= 0.6 is 11.8 Å². The van der Waals surface area contributed by atoms with Gasteiger partial charge in [0.15, 0.2) is 0 Å². The van der Waals surface area contributed by atoms with Crippen molar-refractivity contribution in [2.75, 3.05) is 4.90 Å². The fraction of sp³-hybridized carbons (Fsp3) is 0. The Balaban J connectivity index is 1.44. The van der Waals surface area contributed by atoms with E-state index in [1.807, 2.05) is 36.0 Å². The maximum atomic E-state index is 9.22. The minimum absolute atomic E-state index is 0.421. The van der Waals surface area contributed by atoms with Crippen LogP contribution in [-0.4, -0.2) is 4.98 Å². The fourth-order valence-electron chi connectivity index (χ4n) is 4.32. The van der Waals surface area contributed by atoms with Gasteiger partial charge in [0, 0.05) is 21.0 Å². The average molecular weight is 454 g/mol. The van der Waals surface area contributed by atoms with Gasteiger partial charge in [-0.25, -0.2) is 4.98 Å². The van der Waals surface area contributed by atoms with Gasteiger partial charge in [0.1, 0.15) is 11.8 Å². The number of hydrogen-bond acceptors (Lipinski definition) is 4. The Morgan fingerprint density at radius 3 is 1.97 bits per heavy atom. The molecule has 1 aromatic heterocycles. The number of pyridine rings is 1. The molecular formula is C30H19N3S. The summed E-state index contributed by atoms with van der Waals surface area (Å²) in [6, 6.07) is 41.7. The van der Waals surface area contributed by atoms with Gasteiger partial charge in [-0.1, -0.05) is 72.4 Å². The van der Waals surface area contributed by atoms with Gasteiger partial charge in [-0.3, -0.25) is 0 Å². The van der Waals surface area contributed by atoms with Crippen molar-refractivity contribution in [2.45, 2.75) is 9.79 Å². The zero-order valence-corrected chi connectivity index (χ0v) is 19.0. The lowest BCUT2D eigenvalue weighted by Gasteiger charge is -2.33. The predicted molar refractivity (Wildman–Crippen MR) is 139 cm³/mol. The summed E-state index contributed by atoms with van der Waals surface area (Å²) in [5.41, 5.74) is 7.95. The van der Waals surface area contributed by atoms with E-state index >= 15 is 0 Å². The number of aromatic nitrogens is 1. The van der Waals surface area contributed by atoms with E-state index < -0.39 is 0 Å². The van der Waals surface area contributed by atoms with Crippen LogP contribution in [0.15, 0.2) is 125 Å². The molecule has 0 spiro atoms. The third-order valence-corrected chi connectivity index (χ3v) is 7.02. The number of anilines is 3. The maximum absolute atomic E-state index is 9.22. The van der Waals surface area contributed by atoms with Crippen LogP contribution in [0.5, 0.6) is 0 Å². The molecule has 0 aliphatic carbocycles. The first-order valence-corrected chi connectivity index (χ1v) is 11.9. The largest absolute Gasteiger partial charge is 0.308 e. The lowest BCUT2D eigenvalue weighted by atomic mass is 10.0. The first-order chi connectivity index (χ1) is 16.8. The molecule has 0 bridgehead atoms. The van der Waals surface area contributed by atoms with Gasteiger partial charge in [-0.2, -0.15) is 5.26 Å². The zero-order chi connectivity index (χ0) is 22.9. The Morgan fingerprint density at radius 1 is 0.618 bits per heavy atom. The predicted octanol–water partition coefficient (Wildman–Crippen LogP) is 8.22. The molecular weight excluding hydrogens is 434 g/mol. The second kappa shape index (κ2) is 8.55. The molecule has 0 atom stereocenters. The van der Waals surface area contributed by atoms with Crippen LogP contribution in [0.1, 0.15) is 5.69 Å². The summed E-state index contributed by atoms with van der Waals surface area (Å²) in [6.45, 7) is 0. The highest BCUT2D eigenvalue weighted by atomic mass is 32.2. The summed E-state index contributed by atoms with van der Waals surface area (Å²) >= 11 is 1.81. The summed E-state index contributed by atoms with van der Waals surface area (Å²) in [5.74, 6) is 0. The van der Waals surface area contributed by atoms with E-state index in [-0.39, 0.29) is 0 Å². The molecule has 3 nitrogen and oxygen atoms in total. The lowest BCUT2D eigenvalue weighted by Crippen LogP contribution is -2.14. The molecule has 0 unspecified atom stereocenters. The molecule has 1 aliphatic rings. The molecule has 34 heavy (non-hydrogen) atoms. The van der Waals surface area contributed by atoms with E-state index in [9.17, 15) is 5.26 Å². The SMILES string of the molecule is N#Cc1cccc(-c2cccc(-c3cccc(N4c5ccccc5Sc5ccccc54)c3)c2)n1. The molecule has 0 saturated heterocycles. The van der Waals surface area contributed by atoms with Crippen LogP contribution in [0.2, 0.25) is 0 Å². The van der Waals surface area contributed by atoms with Crippen LogP contribution < -0.4 is 4.90 Å². The Labute approximate surface area is 203 Å². The second-order valence-electron chi connectivity index (χ2n) is 8.02. The molecule has 2 heterocycles. The average Bonchev–Trinajstić information content (AvgIpc) is 2.92. The smallest absolute Gasteiger partial charge is 0.141 e. The van der Waals surface area contributed by atoms with Crippen molar-refractivity contribution >= 4 is 28.8 Å². The molecule has 0 N–H and O–H groups in total. The van der Waals surface area contributed by atoms with E-state index in [4.69, 9.17) is 0 Å². The summed E-state index contributed by atoms with van der Waals surface area (Å²) < 4.78 is 0. The monoisotopic (exact) mass is 453 g/mol. The third kappa shape index (κ3) is 3.63. The van der Waals surface area contributed by atoms with Gasteiger partial charge in [0.25, 0.3) is 0 Å². The van der Waals surface area contributed by atoms with Crippen molar-refractivity contribution in [3.63, 3.8) is 0 Å². The van der Waals surface area contributed by atoms with Crippen LogP contribution in [0.25, 0.3) is 22.4 Å². The molecule has 6 rings (SSSR count). The van der Waals surface area contributed by atoms with Crippen molar-refractivity contribution in [3.8, 4) is 28.5 Å². The van der Waals surface area contributed by atoms with E-state index in [1.54, 1.807) is 6.07 Å². The highest BCUT2D eigenvalue weighted by Crippen LogP contribution is 2.51. The Bertz CT molecular complexity index is 1520. The van der Waals surface area contributed by atoms with E-state index in [1.165, 1.54) is 21.2 Å². The second-order valence-corrected chi connectivity index (χ2v) is 9.11. The highest BCUT2D eigenvalue weighted by Gasteiger charge is 2.24. The quantitative estimate of drug-likeness (QED) is 0.271. The molecule has 0 amide bonds. The first-order valence-electron chi connectivity index (χ1n) is 11.0. The van der Waals surface area contributed by atoms with Crippen LogP contribution in [0.3, 0.4) is 0 Å². The topological polar surface area (TPSA) is 39.9 Å². The minimum Gasteiger partial charge on any atom is -0.308 e. The number of fused-ring (bicyclic) bond motifs is 2. The van der Waals surface area contributed by atoms with Gasteiger partial charge >= 0.3 is 0 Å². The minimum atomic E-state index is 0.421. The molecule has 0 fully saturated rings. The number of nitrogens with zero attached hydrogens (tertiary/aromatic N) is 3. The third-order valence-electron chi connectivity index (χ3n) is 5.89. The standard InChI is InChI=1S/C30H19N3S/c31-20-24-11-7-13-26(32-24)23-10-5-8-21(18-23)22-9-6-12-25(19-22)33-27-14-1-3-16-29(27)34-30-17-4-2-15-28(30)33/h1-19H. The van der Waals surface area contributed by atoms with E-state index in [0.29, 0.717) is 5.69 Å². The van der Waals surface area contributed by atoms with Crippen LogP contribution in [-0.2, 0) is 0 Å². The van der Waals surface area contributed by atoms with Crippen molar-refractivity contribution in [2.24, 2.45) is 0 Å². The zero-order valence-electron chi connectivity index (χ0n) is 18.2. The maximum Gasteiger partial charge on any atom is 0.141 e. The first kappa shape index (κ1) is 20.3. The van der Waals surface area contributed by atoms with Gasteiger partial charge in [0.05, 0.1) is 17.1 Å². The fourth-order valence-corrected chi connectivity index (χ4v) is 5.38. The Kier molecular flexibility index (Phi) is 5.10. The number of benzene rings is 4. The van der Waals surface area contributed by atoms with Crippen molar-refractivity contribution in [3.05, 3.63) is 121 Å². The van der Waals surface area contributed by atoms with Crippen LogP contribution in [0.4, 0.5) is 17.1 Å². The number of rotatable bonds is 3. The molecule has 1 aliphatic heterocycles. The summed E-state index contributed by atoms with van der Waals surface area (Å²) in [5, 5.41) is 9.22. The Hall–Kier alpha value is -4.33. The summed E-state index contributed by atoms with van der Waals surface area (Å²) in [4.78, 5) is 9.30. The van der Waals surface area contributed by atoms with Gasteiger partial charge in [-0.15, -0.1) is 0 Å². The van der Waals surface area contributed by atoms with Crippen molar-refractivity contribution < 1.29 is 0 Å². The molecule has 0 radical (unpaired) electrons. The van der Waals surface area contributed by atoms with Gasteiger partial charge in [0.2, 0.25) is 0 Å². The lowest BCUT2D eigenvalue weighted by molar-refractivity contribution is 1.17. The summed E-state index contributed by atoms with van der Waals surface area (Å²) in [6.07, 6.45) is 0. The van der Waals surface area contributed by atoms with Crippen molar-refractivity contribution in [1.82, 2.24) is 4.98 Å². The van der Waals surface area contributed by atoms with Gasteiger partial charge in [-0.05, 0) is 65.7 Å². The van der Waals surface area contributed by atoms with E-state index in [0.717, 1.165) is 28.1 Å².